The van der Waals surface area contributed by atoms with Gasteiger partial charge >= 0.3 is 5.82 Å². The predicted molar refractivity (Wildman–Crippen MR) is 70.3 cm³/mol. The second kappa shape index (κ2) is 3.94. The average molecular weight is 266 g/mol. The number of thiazole rings is 1. The molecule has 0 aromatic carbocycles. The highest BCUT2D eigenvalue weighted by molar-refractivity contribution is 7.15. The Morgan fingerprint density at radius 1 is 1.56 bits per heavy atom. The van der Waals surface area contributed by atoms with E-state index in [-0.39, 0.29) is 10.7 Å². The van der Waals surface area contributed by atoms with Crippen molar-refractivity contribution in [2.75, 3.05) is 11.4 Å². The quantitative estimate of drug-likeness (QED) is 0.619. The predicted octanol–water partition coefficient (Wildman–Crippen LogP) is 2.54. The SMILES string of the molecule is CC1CCN(c2nc3sccn3c2[N+](=O)[O-])C1C. The molecule has 7 heteroatoms. The zero-order valence-corrected chi connectivity index (χ0v) is 11.1. The molecule has 96 valence electrons. The maximum absolute atomic E-state index is 11.3. The standard InChI is InChI=1S/C11H14N4O2S/c1-7-3-4-13(8(7)2)9-10(15(16)17)14-5-6-18-11(14)12-9/h5-8H,3-4H2,1-2H3. The number of imidazole rings is 1. The van der Waals surface area contributed by atoms with Crippen LogP contribution in [0.2, 0.25) is 0 Å². The topological polar surface area (TPSA) is 63.7 Å². The summed E-state index contributed by atoms with van der Waals surface area (Å²) in [5.41, 5.74) is 0. The van der Waals surface area contributed by atoms with Crippen molar-refractivity contribution in [2.45, 2.75) is 26.3 Å². The first-order valence-corrected chi connectivity index (χ1v) is 6.84. The van der Waals surface area contributed by atoms with Gasteiger partial charge in [0.25, 0.3) is 4.96 Å². The maximum atomic E-state index is 11.3. The molecule has 3 rings (SSSR count). The normalized spacial score (nSPS) is 24.0. The Hall–Kier alpha value is -1.63. The van der Waals surface area contributed by atoms with Crippen molar-refractivity contribution in [3.05, 3.63) is 21.7 Å². The number of nitro groups is 1. The lowest BCUT2D eigenvalue weighted by Crippen LogP contribution is -2.29. The van der Waals surface area contributed by atoms with Gasteiger partial charge in [0.1, 0.15) is 6.20 Å². The molecule has 18 heavy (non-hydrogen) atoms. The lowest BCUT2D eigenvalue weighted by molar-refractivity contribution is -0.389. The summed E-state index contributed by atoms with van der Waals surface area (Å²) in [5, 5.41) is 13.1. The van der Waals surface area contributed by atoms with E-state index in [0.717, 1.165) is 13.0 Å². The van der Waals surface area contributed by atoms with Gasteiger partial charge in [-0.05, 0) is 24.2 Å². The summed E-state index contributed by atoms with van der Waals surface area (Å²) in [6, 6.07) is 0.299. The Morgan fingerprint density at radius 2 is 2.33 bits per heavy atom. The second-order valence-corrected chi connectivity index (χ2v) is 5.64. The molecule has 0 saturated carbocycles. The van der Waals surface area contributed by atoms with Crippen LogP contribution in [0, 0.1) is 16.0 Å². The monoisotopic (exact) mass is 266 g/mol. The van der Waals surface area contributed by atoms with E-state index in [4.69, 9.17) is 0 Å². The first-order valence-electron chi connectivity index (χ1n) is 5.96. The summed E-state index contributed by atoms with van der Waals surface area (Å²) in [4.78, 5) is 18.1. The summed E-state index contributed by atoms with van der Waals surface area (Å²) < 4.78 is 1.57. The lowest BCUT2D eigenvalue weighted by atomic mass is 10.1. The van der Waals surface area contributed by atoms with Crippen molar-refractivity contribution in [3.63, 3.8) is 0 Å². The molecule has 1 saturated heterocycles. The summed E-state index contributed by atoms with van der Waals surface area (Å²) >= 11 is 1.42. The summed E-state index contributed by atoms with van der Waals surface area (Å²) in [7, 11) is 0. The Morgan fingerprint density at radius 3 is 2.94 bits per heavy atom. The van der Waals surface area contributed by atoms with E-state index in [1.807, 2.05) is 5.38 Å². The minimum Gasteiger partial charge on any atom is -0.358 e. The van der Waals surface area contributed by atoms with Gasteiger partial charge in [-0.2, -0.15) is 9.38 Å². The van der Waals surface area contributed by atoms with E-state index in [1.165, 1.54) is 11.3 Å². The zero-order chi connectivity index (χ0) is 12.9. The van der Waals surface area contributed by atoms with Crippen LogP contribution in [0.1, 0.15) is 20.3 Å². The molecule has 2 aromatic heterocycles. The summed E-state index contributed by atoms with van der Waals surface area (Å²) in [6.07, 6.45) is 2.77. The average Bonchev–Trinajstić information content (AvgIpc) is 2.94. The molecule has 0 spiro atoms. The molecule has 0 radical (unpaired) electrons. The van der Waals surface area contributed by atoms with Crippen molar-refractivity contribution in [1.29, 1.82) is 0 Å². The van der Waals surface area contributed by atoms with Gasteiger partial charge in [-0.25, -0.2) is 0 Å². The molecule has 0 bridgehead atoms. The van der Waals surface area contributed by atoms with Crippen LogP contribution >= 0.6 is 11.3 Å². The number of nitrogens with zero attached hydrogens (tertiary/aromatic N) is 4. The van der Waals surface area contributed by atoms with E-state index in [1.54, 1.807) is 10.6 Å². The minimum atomic E-state index is -0.336. The van der Waals surface area contributed by atoms with Crippen LogP contribution < -0.4 is 4.90 Å². The number of fused-ring (bicyclic) bond motifs is 1. The number of hydrogen-bond acceptors (Lipinski definition) is 5. The van der Waals surface area contributed by atoms with Crippen molar-refractivity contribution in [3.8, 4) is 0 Å². The van der Waals surface area contributed by atoms with E-state index in [9.17, 15) is 10.1 Å². The Kier molecular flexibility index (Phi) is 2.51. The molecular formula is C11H14N4O2S. The molecule has 2 unspecified atom stereocenters. The maximum Gasteiger partial charge on any atom is 0.373 e. The Balaban J connectivity index is 2.14. The van der Waals surface area contributed by atoms with Gasteiger partial charge < -0.3 is 15.0 Å². The molecular weight excluding hydrogens is 252 g/mol. The molecule has 1 aliphatic rings. The smallest absolute Gasteiger partial charge is 0.358 e. The number of rotatable bonds is 2. The third kappa shape index (κ3) is 1.50. The van der Waals surface area contributed by atoms with Gasteiger partial charge in [-0.3, -0.25) is 0 Å². The third-order valence-electron chi connectivity index (χ3n) is 3.80. The van der Waals surface area contributed by atoms with Gasteiger partial charge in [-0.1, -0.05) is 18.3 Å². The third-order valence-corrected chi connectivity index (χ3v) is 4.56. The highest BCUT2D eigenvalue weighted by atomic mass is 32.1. The fourth-order valence-corrected chi connectivity index (χ4v) is 3.22. The minimum absolute atomic E-state index is 0.0900. The number of aromatic nitrogens is 2. The number of hydrogen-bond donors (Lipinski definition) is 0. The summed E-state index contributed by atoms with van der Waals surface area (Å²) in [6.45, 7) is 5.12. The highest BCUT2D eigenvalue weighted by Gasteiger charge is 2.35. The number of anilines is 1. The molecule has 0 N–H and O–H groups in total. The highest BCUT2D eigenvalue weighted by Crippen LogP contribution is 2.36. The van der Waals surface area contributed by atoms with Gasteiger partial charge in [0.05, 0.1) is 0 Å². The Bertz CT molecular complexity index is 605. The van der Waals surface area contributed by atoms with E-state index in [2.05, 4.69) is 23.7 Å². The van der Waals surface area contributed by atoms with Crippen LogP contribution in [0.3, 0.4) is 0 Å². The second-order valence-electron chi connectivity index (χ2n) is 4.77. The summed E-state index contributed by atoms with van der Waals surface area (Å²) in [5.74, 6) is 1.15. The van der Waals surface area contributed by atoms with E-state index in [0.29, 0.717) is 22.7 Å². The molecule has 1 fully saturated rings. The van der Waals surface area contributed by atoms with Gasteiger partial charge in [0.15, 0.2) is 0 Å². The van der Waals surface area contributed by atoms with Crippen LogP contribution in [0.5, 0.6) is 0 Å². The van der Waals surface area contributed by atoms with Crippen LogP contribution in [-0.4, -0.2) is 26.9 Å². The molecule has 0 amide bonds. The van der Waals surface area contributed by atoms with Crippen LogP contribution in [0.25, 0.3) is 4.96 Å². The first kappa shape index (κ1) is 11.5. The van der Waals surface area contributed by atoms with Crippen LogP contribution in [0.15, 0.2) is 11.6 Å². The molecule has 6 nitrogen and oxygen atoms in total. The lowest BCUT2D eigenvalue weighted by Gasteiger charge is -2.22. The molecule has 2 aromatic rings. The zero-order valence-electron chi connectivity index (χ0n) is 10.2. The molecule has 1 aliphatic heterocycles. The molecule has 0 aliphatic carbocycles. The van der Waals surface area contributed by atoms with Crippen LogP contribution in [0.4, 0.5) is 11.6 Å². The van der Waals surface area contributed by atoms with Gasteiger partial charge in [-0.15, -0.1) is 0 Å². The van der Waals surface area contributed by atoms with Crippen molar-refractivity contribution in [1.82, 2.24) is 9.38 Å². The largest absolute Gasteiger partial charge is 0.373 e. The van der Waals surface area contributed by atoms with Crippen molar-refractivity contribution >= 4 is 27.9 Å². The van der Waals surface area contributed by atoms with E-state index < -0.39 is 0 Å². The molecule has 2 atom stereocenters. The van der Waals surface area contributed by atoms with Crippen molar-refractivity contribution < 1.29 is 4.92 Å². The fourth-order valence-electron chi connectivity index (χ4n) is 2.52. The van der Waals surface area contributed by atoms with Crippen LogP contribution in [-0.2, 0) is 0 Å². The van der Waals surface area contributed by atoms with Gasteiger partial charge in [0.2, 0.25) is 5.82 Å². The molecule has 3 heterocycles. The Labute approximate surface area is 108 Å². The fraction of sp³-hybridized carbons (Fsp3) is 0.545. The van der Waals surface area contributed by atoms with Crippen molar-refractivity contribution in [2.24, 2.45) is 5.92 Å². The van der Waals surface area contributed by atoms with E-state index >= 15 is 0 Å². The first-order chi connectivity index (χ1) is 8.59. The van der Waals surface area contributed by atoms with Gasteiger partial charge in [0, 0.05) is 18.0 Å².